The van der Waals surface area contributed by atoms with Crippen LogP contribution in [-0.2, 0) is 6.42 Å². The Hall–Kier alpha value is -1.15. The molecule has 94 valence electrons. The number of hydrogen-bond donors (Lipinski definition) is 1. The zero-order valence-electron chi connectivity index (χ0n) is 11.0. The molecular formula is C15H22FN. The molecule has 1 rings (SSSR count). The zero-order valence-corrected chi connectivity index (χ0v) is 11.0. The van der Waals surface area contributed by atoms with Crippen molar-refractivity contribution in [3.63, 3.8) is 0 Å². The lowest BCUT2D eigenvalue weighted by Gasteiger charge is -2.27. The SMILES string of the molecule is C=CC(C)(CNC(C)C)Cc1ccc(F)cc1. The quantitative estimate of drug-likeness (QED) is 0.743. The van der Waals surface area contributed by atoms with E-state index in [1.54, 1.807) is 0 Å². The van der Waals surface area contributed by atoms with Crippen molar-refractivity contribution in [2.24, 2.45) is 5.41 Å². The Kier molecular flexibility index (Phi) is 4.88. The van der Waals surface area contributed by atoms with E-state index in [-0.39, 0.29) is 11.2 Å². The van der Waals surface area contributed by atoms with Crippen molar-refractivity contribution in [2.45, 2.75) is 33.2 Å². The van der Waals surface area contributed by atoms with Crippen LogP contribution >= 0.6 is 0 Å². The van der Waals surface area contributed by atoms with Crippen molar-refractivity contribution < 1.29 is 4.39 Å². The van der Waals surface area contributed by atoms with Crippen LogP contribution in [0.15, 0.2) is 36.9 Å². The van der Waals surface area contributed by atoms with Gasteiger partial charge in [-0.2, -0.15) is 0 Å². The second-order valence-electron chi connectivity index (χ2n) is 5.20. The van der Waals surface area contributed by atoms with Gasteiger partial charge >= 0.3 is 0 Å². The second-order valence-corrected chi connectivity index (χ2v) is 5.20. The average Bonchev–Trinajstić information content (AvgIpc) is 2.30. The Labute approximate surface area is 104 Å². The summed E-state index contributed by atoms with van der Waals surface area (Å²) in [6.07, 6.45) is 2.85. The lowest BCUT2D eigenvalue weighted by molar-refractivity contribution is 0.373. The van der Waals surface area contributed by atoms with Gasteiger partial charge in [0.25, 0.3) is 0 Å². The minimum atomic E-state index is -0.186. The van der Waals surface area contributed by atoms with Gasteiger partial charge in [-0.3, -0.25) is 0 Å². The summed E-state index contributed by atoms with van der Waals surface area (Å²) in [5.74, 6) is -0.186. The number of nitrogens with one attached hydrogen (secondary N) is 1. The Morgan fingerprint density at radius 3 is 2.41 bits per heavy atom. The zero-order chi connectivity index (χ0) is 12.9. The predicted octanol–water partition coefficient (Wildman–Crippen LogP) is 3.56. The molecule has 17 heavy (non-hydrogen) atoms. The Balaban J connectivity index is 2.67. The summed E-state index contributed by atoms with van der Waals surface area (Å²) in [6.45, 7) is 11.2. The molecule has 0 saturated heterocycles. The molecule has 0 aliphatic rings. The third-order valence-electron chi connectivity index (χ3n) is 2.93. The first kappa shape index (κ1) is 13.9. The van der Waals surface area contributed by atoms with Crippen molar-refractivity contribution in [1.82, 2.24) is 5.32 Å². The molecule has 0 bridgehead atoms. The fraction of sp³-hybridized carbons (Fsp3) is 0.467. The normalized spacial score (nSPS) is 14.6. The standard InChI is InChI=1S/C15H22FN/c1-5-15(4,11-17-12(2)3)10-13-6-8-14(16)9-7-13/h5-9,12,17H,1,10-11H2,2-4H3. The van der Waals surface area contributed by atoms with E-state index in [0.29, 0.717) is 6.04 Å². The molecule has 0 aliphatic carbocycles. The number of hydrogen-bond acceptors (Lipinski definition) is 1. The molecule has 1 aromatic carbocycles. The Bertz CT molecular complexity index is 356. The molecule has 2 heteroatoms. The van der Waals surface area contributed by atoms with Gasteiger partial charge in [-0.1, -0.05) is 39.0 Å². The van der Waals surface area contributed by atoms with E-state index >= 15 is 0 Å². The van der Waals surface area contributed by atoms with E-state index in [2.05, 4.69) is 32.7 Å². The van der Waals surface area contributed by atoms with Crippen LogP contribution in [0.3, 0.4) is 0 Å². The van der Waals surface area contributed by atoms with E-state index in [1.807, 2.05) is 18.2 Å². The molecule has 0 heterocycles. The van der Waals surface area contributed by atoms with E-state index < -0.39 is 0 Å². The van der Waals surface area contributed by atoms with Crippen LogP contribution < -0.4 is 5.32 Å². The van der Waals surface area contributed by atoms with Gasteiger partial charge in [0.15, 0.2) is 0 Å². The topological polar surface area (TPSA) is 12.0 Å². The van der Waals surface area contributed by atoms with Gasteiger partial charge < -0.3 is 5.32 Å². The van der Waals surface area contributed by atoms with Crippen molar-refractivity contribution in [3.05, 3.63) is 48.3 Å². The molecule has 0 aromatic heterocycles. The van der Waals surface area contributed by atoms with Gasteiger partial charge in [-0.15, -0.1) is 6.58 Å². The van der Waals surface area contributed by atoms with E-state index in [1.165, 1.54) is 12.1 Å². The van der Waals surface area contributed by atoms with Crippen LogP contribution in [0.25, 0.3) is 0 Å². The first-order valence-electron chi connectivity index (χ1n) is 6.06. The summed E-state index contributed by atoms with van der Waals surface area (Å²) in [5.41, 5.74) is 1.14. The van der Waals surface area contributed by atoms with Gasteiger partial charge in [0.2, 0.25) is 0 Å². The Morgan fingerprint density at radius 2 is 1.94 bits per heavy atom. The fourth-order valence-corrected chi connectivity index (χ4v) is 1.71. The summed E-state index contributed by atoms with van der Waals surface area (Å²) in [4.78, 5) is 0. The van der Waals surface area contributed by atoms with Crippen molar-refractivity contribution in [1.29, 1.82) is 0 Å². The molecule has 1 N–H and O–H groups in total. The van der Waals surface area contributed by atoms with Crippen LogP contribution in [0.2, 0.25) is 0 Å². The van der Waals surface area contributed by atoms with Gasteiger partial charge in [-0.05, 0) is 24.1 Å². The molecule has 0 fully saturated rings. The molecule has 1 atom stereocenters. The summed E-state index contributed by atoms with van der Waals surface area (Å²) in [7, 11) is 0. The van der Waals surface area contributed by atoms with Gasteiger partial charge in [0.1, 0.15) is 5.82 Å². The second kappa shape index (κ2) is 5.97. The molecule has 0 radical (unpaired) electrons. The van der Waals surface area contributed by atoms with Crippen LogP contribution in [-0.4, -0.2) is 12.6 Å². The Morgan fingerprint density at radius 1 is 1.35 bits per heavy atom. The molecule has 0 amide bonds. The lowest BCUT2D eigenvalue weighted by atomic mass is 9.83. The third kappa shape index (κ3) is 4.70. The summed E-state index contributed by atoms with van der Waals surface area (Å²) in [6, 6.07) is 7.16. The average molecular weight is 235 g/mol. The molecule has 1 aromatic rings. The largest absolute Gasteiger partial charge is 0.314 e. The molecule has 0 spiro atoms. The highest BCUT2D eigenvalue weighted by Crippen LogP contribution is 2.23. The van der Waals surface area contributed by atoms with Crippen molar-refractivity contribution in [2.75, 3.05) is 6.54 Å². The van der Waals surface area contributed by atoms with Crippen LogP contribution in [0.1, 0.15) is 26.3 Å². The number of halogens is 1. The predicted molar refractivity (Wildman–Crippen MR) is 71.5 cm³/mol. The summed E-state index contributed by atoms with van der Waals surface area (Å²) < 4.78 is 12.8. The maximum atomic E-state index is 12.8. The minimum Gasteiger partial charge on any atom is -0.314 e. The van der Waals surface area contributed by atoms with Gasteiger partial charge in [-0.25, -0.2) is 4.39 Å². The first-order valence-corrected chi connectivity index (χ1v) is 6.06. The van der Waals surface area contributed by atoms with E-state index in [4.69, 9.17) is 0 Å². The molecule has 0 saturated carbocycles. The molecular weight excluding hydrogens is 213 g/mol. The fourth-order valence-electron chi connectivity index (χ4n) is 1.71. The maximum Gasteiger partial charge on any atom is 0.123 e. The van der Waals surface area contributed by atoms with E-state index in [9.17, 15) is 4.39 Å². The molecule has 1 nitrogen and oxygen atoms in total. The van der Waals surface area contributed by atoms with E-state index in [0.717, 1.165) is 18.5 Å². The van der Waals surface area contributed by atoms with Crippen LogP contribution in [0, 0.1) is 11.2 Å². The highest BCUT2D eigenvalue weighted by Gasteiger charge is 2.20. The van der Waals surface area contributed by atoms with Gasteiger partial charge in [0.05, 0.1) is 0 Å². The first-order chi connectivity index (χ1) is 7.95. The van der Waals surface area contributed by atoms with Crippen molar-refractivity contribution in [3.8, 4) is 0 Å². The highest BCUT2D eigenvalue weighted by molar-refractivity contribution is 5.19. The highest BCUT2D eigenvalue weighted by atomic mass is 19.1. The minimum absolute atomic E-state index is 0.00208. The number of benzene rings is 1. The van der Waals surface area contributed by atoms with Crippen molar-refractivity contribution >= 4 is 0 Å². The third-order valence-corrected chi connectivity index (χ3v) is 2.93. The summed E-state index contributed by atoms with van der Waals surface area (Å²) >= 11 is 0. The monoisotopic (exact) mass is 235 g/mol. The molecule has 0 aliphatic heterocycles. The summed E-state index contributed by atoms with van der Waals surface area (Å²) in [5, 5.41) is 3.42. The smallest absolute Gasteiger partial charge is 0.123 e. The number of rotatable bonds is 6. The maximum absolute atomic E-state index is 12.8. The van der Waals surface area contributed by atoms with Crippen LogP contribution in [0.5, 0.6) is 0 Å². The lowest BCUT2D eigenvalue weighted by Crippen LogP contribution is -2.35. The van der Waals surface area contributed by atoms with Gasteiger partial charge in [0, 0.05) is 18.0 Å². The van der Waals surface area contributed by atoms with Crippen LogP contribution in [0.4, 0.5) is 4.39 Å². The molecule has 1 unspecified atom stereocenters.